The van der Waals surface area contributed by atoms with Gasteiger partial charge in [-0.15, -0.1) is 0 Å². The molecular formula is C11H11ClN2O. The van der Waals surface area contributed by atoms with E-state index in [-0.39, 0.29) is 5.75 Å². The Morgan fingerprint density at radius 1 is 1.27 bits per heavy atom. The Morgan fingerprint density at radius 2 is 2.00 bits per heavy atom. The molecule has 4 heteroatoms. The number of hydrogen-bond acceptors (Lipinski definition) is 2. The molecule has 0 fully saturated rings. The first-order valence-corrected chi connectivity index (χ1v) is 4.98. The summed E-state index contributed by atoms with van der Waals surface area (Å²) in [7, 11) is 0. The molecule has 0 aliphatic rings. The maximum Gasteiger partial charge on any atom is 0.134 e. The fourth-order valence-electron chi connectivity index (χ4n) is 1.52. The molecule has 0 spiro atoms. The summed E-state index contributed by atoms with van der Waals surface area (Å²) in [5.41, 5.74) is 2.84. The molecule has 0 atom stereocenters. The second-order valence-corrected chi connectivity index (χ2v) is 3.88. The summed E-state index contributed by atoms with van der Waals surface area (Å²) in [6.45, 7) is 3.91. The first kappa shape index (κ1) is 10.1. The molecule has 2 rings (SSSR count). The molecule has 0 saturated carbocycles. The van der Waals surface area contributed by atoms with Gasteiger partial charge in [0.1, 0.15) is 5.75 Å². The number of phenolic OH excluding ortho intramolecular Hbond substituents is 1. The second kappa shape index (κ2) is 3.59. The fourth-order valence-corrected chi connectivity index (χ4v) is 1.69. The Kier molecular flexibility index (Phi) is 2.40. The molecule has 1 heterocycles. The minimum Gasteiger partial charge on any atom is -0.506 e. The van der Waals surface area contributed by atoms with Gasteiger partial charge in [0.15, 0.2) is 0 Å². The van der Waals surface area contributed by atoms with Crippen molar-refractivity contribution in [3.05, 3.63) is 40.7 Å². The molecule has 0 unspecified atom stereocenters. The summed E-state index contributed by atoms with van der Waals surface area (Å²) < 4.78 is 1.79. The van der Waals surface area contributed by atoms with Crippen LogP contribution in [0.15, 0.2) is 24.3 Å². The fraction of sp³-hybridized carbons (Fsp3) is 0.182. The van der Waals surface area contributed by atoms with Crippen molar-refractivity contribution in [2.24, 2.45) is 0 Å². The number of aromatic hydroxyl groups is 1. The van der Waals surface area contributed by atoms with Crippen molar-refractivity contribution < 1.29 is 5.11 Å². The lowest BCUT2D eigenvalue weighted by molar-refractivity contribution is 0.475. The third-order valence-electron chi connectivity index (χ3n) is 2.19. The van der Waals surface area contributed by atoms with Crippen LogP contribution in [0.2, 0.25) is 5.02 Å². The molecule has 1 N–H and O–H groups in total. The van der Waals surface area contributed by atoms with E-state index in [1.807, 2.05) is 19.9 Å². The molecule has 0 bridgehead atoms. The van der Waals surface area contributed by atoms with Crippen LogP contribution in [0.5, 0.6) is 5.75 Å². The standard InChI is InChI=1S/C11H11ClN2O/c1-7-5-8(2)14(13-7)9-3-4-11(15)10(12)6-9/h3-6,15H,1-2H3. The van der Waals surface area contributed by atoms with Gasteiger partial charge >= 0.3 is 0 Å². The summed E-state index contributed by atoms with van der Waals surface area (Å²) in [6.07, 6.45) is 0. The maximum absolute atomic E-state index is 9.30. The van der Waals surface area contributed by atoms with Gasteiger partial charge < -0.3 is 5.11 Å². The molecule has 0 aliphatic carbocycles. The topological polar surface area (TPSA) is 38.0 Å². The summed E-state index contributed by atoms with van der Waals surface area (Å²) in [6, 6.07) is 7.02. The molecule has 0 radical (unpaired) electrons. The molecule has 1 aromatic carbocycles. The lowest BCUT2D eigenvalue weighted by Gasteiger charge is -2.05. The molecule has 3 nitrogen and oxygen atoms in total. The third-order valence-corrected chi connectivity index (χ3v) is 2.49. The summed E-state index contributed by atoms with van der Waals surface area (Å²) >= 11 is 5.83. The number of nitrogens with zero attached hydrogens (tertiary/aromatic N) is 2. The van der Waals surface area contributed by atoms with Crippen molar-refractivity contribution in [1.29, 1.82) is 0 Å². The highest BCUT2D eigenvalue weighted by Crippen LogP contribution is 2.25. The van der Waals surface area contributed by atoms with Crippen LogP contribution in [0.4, 0.5) is 0 Å². The molecule has 1 aromatic heterocycles. The Balaban J connectivity index is 2.54. The van der Waals surface area contributed by atoms with E-state index in [0.717, 1.165) is 17.1 Å². The van der Waals surface area contributed by atoms with Crippen LogP contribution in [0.1, 0.15) is 11.4 Å². The minimum atomic E-state index is 0.0851. The van der Waals surface area contributed by atoms with Gasteiger partial charge in [-0.05, 0) is 38.1 Å². The number of aryl methyl sites for hydroxylation is 2. The number of hydrogen-bond donors (Lipinski definition) is 1. The van der Waals surface area contributed by atoms with Crippen LogP contribution in [-0.4, -0.2) is 14.9 Å². The molecule has 0 amide bonds. The molecule has 0 aliphatic heterocycles. The van der Waals surface area contributed by atoms with Gasteiger partial charge in [-0.3, -0.25) is 0 Å². The summed E-state index contributed by atoms with van der Waals surface area (Å²) in [5, 5.41) is 14.0. The average molecular weight is 223 g/mol. The van der Waals surface area contributed by atoms with Crippen molar-refractivity contribution in [2.75, 3.05) is 0 Å². The zero-order valence-electron chi connectivity index (χ0n) is 8.53. The van der Waals surface area contributed by atoms with Crippen LogP contribution in [-0.2, 0) is 0 Å². The van der Waals surface area contributed by atoms with Gasteiger partial charge in [0.25, 0.3) is 0 Å². The first-order chi connectivity index (χ1) is 7.08. The van der Waals surface area contributed by atoms with E-state index >= 15 is 0 Å². The van der Waals surface area contributed by atoms with E-state index < -0.39 is 0 Å². The third kappa shape index (κ3) is 1.83. The van der Waals surface area contributed by atoms with E-state index in [9.17, 15) is 5.11 Å². The van der Waals surface area contributed by atoms with Crippen LogP contribution in [0.3, 0.4) is 0 Å². The maximum atomic E-state index is 9.30. The highest BCUT2D eigenvalue weighted by Gasteiger charge is 2.05. The normalized spacial score (nSPS) is 10.6. The van der Waals surface area contributed by atoms with Crippen LogP contribution < -0.4 is 0 Å². The quantitative estimate of drug-likeness (QED) is 0.806. The van der Waals surface area contributed by atoms with Crippen LogP contribution in [0, 0.1) is 13.8 Å². The number of rotatable bonds is 1. The van der Waals surface area contributed by atoms with Crippen LogP contribution >= 0.6 is 11.6 Å². The predicted octanol–water partition coefficient (Wildman–Crippen LogP) is 2.85. The molecule has 2 aromatic rings. The van der Waals surface area contributed by atoms with Crippen molar-refractivity contribution in [1.82, 2.24) is 9.78 Å². The molecular weight excluding hydrogens is 212 g/mol. The molecule has 0 saturated heterocycles. The van der Waals surface area contributed by atoms with E-state index in [2.05, 4.69) is 5.10 Å². The van der Waals surface area contributed by atoms with Gasteiger partial charge in [-0.2, -0.15) is 5.10 Å². The van der Waals surface area contributed by atoms with Crippen molar-refractivity contribution >= 4 is 11.6 Å². The van der Waals surface area contributed by atoms with Crippen molar-refractivity contribution in [3.63, 3.8) is 0 Å². The highest BCUT2D eigenvalue weighted by molar-refractivity contribution is 6.32. The van der Waals surface area contributed by atoms with Crippen molar-refractivity contribution in [2.45, 2.75) is 13.8 Å². The highest BCUT2D eigenvalue weighted by atomic mass is 35.5. The lowest BCUT2D eigenvalue weighted by Crippen LogP contribution is -1.98. The molecule has 78 valence electrons. The lowest BCUT2D eigenvalue weighted by atomic mass is 10.3. The number of phenols is 1. The molecule has 15 heavy (non-hydrogen) atoms. The number of aromatic nitrogens is 2. The average Bonchev–Trinajstić information content (AvgIpc) is 2.50. The second-order valence-electron chi connectivity index (χ2n) is 3.47. The Hall–Kier alpha value is -1.48. The van der Waals surface area contributed by atoms with Gasteiger partial charge in [-0.25, -0.2) is 4.68 Å². The van der Waals surface area contributed by atoms with E-state index in [0.29, 0.717) is 5.02 Å². The van der Waals surface area contributed by atoms with Crippen LogP contribution in [0.25, 0.3) is 5.69 Å². The zero-order valence-corrected chi connectivity index (χ0v) is 9.28. The minimum absolute atomic E-state index is 0.0851. The largest absolute Gasteiger partial charge is 0.506 e. The van der Waals surface area contributed by atoms with E-state index in [4.69, 9.17) is 11.6 Å². The monoisotopic (exact) mass is 222 g/mol. The summed E-state index contributed by atoms with van der Waals surface area (Å²) in [5.74, 6) is 0.0851. The van der Waals surface area contributed by atoms with Crippen molar-refractivity contribution in [3.8, 4) is 11.4 Å². The van der Waals surface area contributed by atoms with Gasteiger partial charge in [0.05, 0.1) is 16.4 Å². The van der Waals surface area contributed by atoms with Gasteiger partial charge in [0.2, 0.25) is 0 Å². The summed E-state index contributed by atoms with van der Waals surface area (Å²) in [4.78, 5) is 0. The van der Waals surface area contributed by atoms with Gasteiger partial charge in [0, 0.05) is 5.69 Å². The van der Waals surface area contributed by atoms with Gasteiger partial charge in [-0.1, -0.05) is 11.6 Å². The Bertz CT molecular complexity index is 505. The Morgan fingerprint density at radius 3 is 2.53 bits per heavy atom. The first-order valence-electron chi connectivity index (χ1n) is 4.60. The SMILES string of the molecule is Cc1cc(C)n(-c2ccc(O)c(Cl)c2)n1. The van der Waals surface area contributed by atoms with E-state index in [1.54, 1.807) is 22.9 Å². The Labute approximate surface area is 92.9 Å². The number of benzene rings is 1. The zero-order chi connectivity index (χ0) is 11.0. The van der Waals surface area contributed by atoms with E-state index in [1.165, 1.54) is 0 Å². The smallest absolute Gasteiger partial charge is 0.134 e. The number of halogens is 1. The predicted molar refractivity (Wildman–Crippen MR) is 59.7 cm³/mol.